The molecule has 0 aromatic heterocycles. The van der Waals surface area contributed by atoms with E-state index in [2.05, 4.69) is 0 Å². The Morgan fingerprint density at radius 2 is 1.73 bits per heavy atom. The summed E-state index contributed by atoms with van der Waals surface area (Å²) in [6.45, 7) is 1.96. The highest BCUT2D eigenvalue weighted by atomic mass is 35.5. The number of para-hydroxylation sites is 1. The molecular weight excluding hydrogens is 323 g/mol. The van der Waals surface area contributed by atoms with Gasteiger partial charge in [0.1, 0.15) is 21.2 Å². The first-order chi connectivity index (χ1) is 10.4. The third-order valence-corrected chi connectivity index (χ3v) is 4.93. The highest BCUT2D eigenvalue weighted by molar-refractivity contribution is 6.54. The van der Waals surface area contributed by atoms with Crippen molar-refractivity contribution in [3.8, 4) is 11.5 Å². The second kappa shape index (κ2) is 5.18. The summed E-state index contributed by atoms with van der Waals surface area (Å²) in [6, 6.07) is 14.5. The minimum atomic E-state index is -1.25. The first-order valence-corrected chi connectivity index (χ1v) is 7.58. The molecule has 1 saturated carbocycles. The summed E-state index contributed by atoms with van der Waals surface area (Å²) < 4.78 is 4.54. The highest BCUT2D eigenvalue weighted by Crippen LogP contribution is 2.65. The summed E-state index contributed by atoms with van der Waals surface area (Å²) in [6.07, 6.45) is 0.205. The Hall–Kier alpha value is -1.71. The first-order valence-electron chi connectivity index (χ1n) is 6.82. The molecule has 3 rings (SSSR count). The molecule has 0 heterocycles. The third-order valence-electron chi connectivity index (χ3n) is 4.02. The van der Waals surface area contributed by atoms with Crippen LogP contribution in [0.2, 0.25) is 0 Å². The maximum atomic E-state index is 11.5. The topological polar surface area (TPSA) is 46.5 Å². The second-order valence-corrected chi connectivity index (χ2v) is 6.97. The van der Waals surface area contributed by atoms with E-state index in [4.69, 9.17) is 27.9 Å². The quantitative estimate of drug-likeness (QED) is 0.824. The summed E-state index contributed by atoms with van der Waals surface area (Å²) in [5.74, 6) is 0.387. The van der Waals surface area contributed by atoms with Gasteiger partial charge in [-0.1, -0.05) is 53.5 Å². The van der Waals surface area contributed by atoms with E-state index in [1.54, 1.807) is 24.3 Å². The zero-order valence-electron chi connectivity index (χ0n) is 11.8. The van der Waals surface area contributed by atoms with Gasteiger partial charge in [-0.05, 0) is 36.2 Å². The van der Waals surface area contributed by atoms with Crippen LogP contribution in [-0.2, 0) is 10.2 Å². The van der Waals surface area contributed by atoms with Crippen LogP contribution in [0.25, 0.3) is 0 Å². The lowest BCUT2D eigenvalue weighted by Crippen LogP contribution is -2.26. The van der Waals surface area contributed by atoms with E-state index < -0.39 is 15.7 Å². The largest absolute Gasteiger partial charge is 0.480 e. The van der Waals surface area contributed by atoms with E-state index in [-0.39, 0.29) is 6.42 Å². The van der Waals surface area contributed by atoms with Gasteiger partial charge in [0.05, 0.1) is 0 Å². The number of rotatable bonds is 4. The van der Waals surface area contributed by atoms with Gasteiger partial charge in [0.25, 0.3) is 0 Å². The molecule has 0 spiro atoms. The van der Waals surface area contributed by atoms with Crippen molar-refractivity contribution in [2.24, 2.45) is 0 Å². The van der Waals surface area contributed by atoms with E-state index in [0.29, 0.717) is 11.3 Å². The number of carbonyl (C=O) groups is 1. The molecule has 3 nitrogen and oxygen atoms in total. The predicted octanol–water partition coefficient (Wildman–Crippen LogP) is 4.69. The van der Waals surface area contributed by atoms with Gasteiger partial charge in [-0.3, -0.25) is 4.79 Å². The number of alkyl halides is 2. The van der Waals surface area contributed by atoms with Crippen molar-refractivity contribution in [2.45, 2.75) is 23.1 Å². The van der Waals surface area contributed by atoms with Gasteiger partial charge in [0.15, 0.2) is 0 Å². The van der Waals surface area contributed by atoms with E-state index >= 15 is 0 Å². The zero-order valence-corrected chi connectivity index (χ0v) is 13.4. The van der Waals surface area contributed by atoms with Gasteiger partial charge in [-0.2, -0.15) is 0 Å². The summed E-state index contributed by atoms with van der Waals surface area (Å²) in [4.78, 5) is 11.5. The molecule has 1 N–H and O–H groups in total. The number of carboxylic acids is 1. The lowest BCUT2D eigenvalue weighted by Gasteiger charge is -2.14. The van der Waals surface area contributed by atoms with Gasteiger partial charge >= 0.3 is 5.97 Å². The van der Waals surface area contributed by atoms with Crippen LogP contribution < -0.4 is 4.74 Å². The number of hydrogen-bond acceptors (Lipinski definition) is 2. The molecule has 0 amide bonds. The van der Waals surface area contributed by atoms with Crippen molar-refractivity contribution in [1.82, 2.24) is 0 Å². The van der Waals surface area contributed by atoms with Gasteiger partial charge in [-0.15, -0.1) is 0 Å². The van der Waals surface area contributed by atoms with Gasteiger partial charge in [0.2, 0.25) is 0 Å². The van der Waals surface area contributed by atoms with Crippen LogP contribution in [0, 0.1) is 6.92 Å². The van der Waals surface area contributed by atoms with Gasteiger partial charge < -0.3 is 9.84 Å². The molecule has 114 valence electrons. The third kappa shape index (κ3) is 2.34. The monoisotopic (exact) mass is 336 g/mol. The van der Waals surface area contributed by atoms with Crippen molar-refractivity contribution in [3.05, 3.63) is 59.7 Å². The number of aryl methyl sites for hydroxylation is 1. The summed E-state index contributed by atoms with van der Waals surface area (Å²) in [7, 11) is 0. The Labute approximate surface area is 138 Å². The Bertz CT molecular complexity index is 725. The normalized spacial score (nSPS) is 22.1. The number of ether oxygens (including phenoxy) is 1. The highest BCUT2D eigenvalue weighted by Gasteiger charge is 2.72. The fourth-order valence-electron chi connectivity index (χ4n) is 2.56. The molecule has 0 saturated heterocycles. The molecule has 1 atom stereocenters. The van der Waals surface area contributed by atoms with Gasteiger partial charge in [0, 0.05) is 6.42 Å². The second-order valence-electron chi connectivity index (χ2n) is 5.48. The Morgan fingerprint density at radius 1 is 1.14 bits per heavy atom. The minimum absolute atomic E-state index is 0.205. The van der Waals surface area contributed by atoms with Crippen LogP contribution in [0.1, 0.15) is 17.5 Å². The molecule has 1 aliphatic carbocycles. The van der Waals surface area contributed by atoms with Crippen LogP contribution in [-0.4, -0.2) is 15.4 Å². The summed E-state index contributed by atoms with van der Waals surface area (Å²) in [5.41, 5.74) is 0.385. The van der Waals surface area contributed by atoms with E-state index in [1.807, 2.05) is 31.2 Å². The van der Waals surface area contributed by atoms with Crippen molar-refractivity contribution in [3.63, 3.8) is 0 Å². The van der Waals surface area contributed by atoms with Crippen LogP contribution >= 0.6 is 23.2 Å². The molecule has 2 aromatic rings. The number of aliphatic carboxylic acids is 1. The maximum Gasteiger partial charge on any atom is 0.317 e. The van der Waals surface area contributed by atoms with Crippen molar-refractivity contribution >= 4 is 29.2 Å². The van der Waals surface area contributed by atoms with Crippen molar-refractivity contribution < 1.29 is 14.6 Å². The number of carboxylic acid groups (broad SMARTS) is 1. The Morgan fingerprint density at radius 3 is 2.23 bits per heavy atom. The SMILES string of the molecule is Cc1ccccc1Oc1ccc(C2(C(=O)O)CC2(Cl)Cl)cc1. The van der Waals surface area contributed by atoms with E-state index in [0.717, 1.165) is 11.3 Å². The molecule has 2 aromatic carbocycles. The summed E-state index contributed by atoms with van der Waals surface area (Å²) >= 11 is 12.1. The Kier molecular flexibility index (Phi) is 3.58. The van der Waals surface area contributed by atoms with Crippen LogP contribution in [0.3, 0.4) is 0 Å². The maximum absolute atomic E-state index is 11.5. The predicted molar refractivity (Wildman–Crippen MR) is 86.1 cm³/mol. The van der Waals surface area contributed by atoms with Crippen LogP contribution in [0.4, 0.5) is 0 Å². The van der Waals surface area contributed by atoms with Gasteiger partial charge in [-0.25, -0.2) is 0 Å². The zero-order chi connectivity index (χ0) is 16.0. The minimum Gasteiger partial charge on any atom is -0.480 e. The molecular formula is C17H14Cl2O3. The fraction of sp³-hybridized carbons (Fsp3) is 0.235. The van der Waals surface area contributed by atoms with E-state index in [1.165, 1.54) is 0 Å². The number of halogens is 2. The molecule has 5 heteroatoms. The lowest BCUT2D eigenvalue weighted by atomic mass is 9.96. The molecule has 1 unspecified atom stereocenters. The van der Waals surface area contributed by atoms with Crippen molar-refractivity contribution in [1.29, 1.82) is 0 Å². The van der Waals surface area contributed by atoms with Crippen molar-refractivity contribution in [2.75, 3.05) is 0 Å². The number of benzene rings is 2. The first kappa shape index (κ1) is 15.2. The number of hydrogen-bond donors (Lipinski definition) is 1. The average Bonchev–Trinajstić information content (AvgIpc) is 3.07. The molecule has 1 fully saturated rings. The lowest BCUT2D eigenvalue weighted by molar-refractivity contribution is -0.140. The molecule has 0 bridgehead atoms. The Balaban J connectivity index is 1.85. The van der Waals surface area contributed by atoms with Crippen LogP contribution in [0.15, 0.2) is 48.5 Å². The molecule has 22 heavy (non-hydrogen) atoms. The molecule has 0 radical (unpaired) electrons. The fourth-order valence-corrected chi connectivity index (χ4v) is 3.34. The smallest absolute Gasteiger partial charge is 0.317 e. The average molecular weight is 337 g/mol. The van der Waals surface area contributed by atoms with Crippen LogP contribution in [0.5, 0.6) is 11.5 Å². The molecule has 0 aliphatic heterocycles. The summed E-state index contributed by atoms with van der Waals surface area (Å²) in [5, 5.41) is 9.43. The van der Waals surface area contributed by atoms with E-state index in [9.17, 15) is 9.90 Å². The standard InChI is InChI=1S/C17H14Cl2O3/c1-11-4-2-3-5-14(11)22-13-8-6-12(7-9-13)16(15(20)21)10-17(16,18)19/h2-9H,10H2,1H3,(H,20,21). The molecule has 1 aliphatic rings.